The van der Waals surface area contributed by atoms with E-state index in [1.165, 1.54) is 4.90 Å². The topological polar surface area (TPSA) is 33.2 Å². The van der Waals surface area contributed by atoms with Crippen LogP contribution in [0.5, 0.6) is 0 Å². The van der Waals surface area contributed by atoms with Gasteiger partial charge in [-0.2, -0.15) is 0 Å². The largest absolute Gasteiger partial charge is 0.338 e. The first-order valence-corrected chi connectivity index (χ1v) is 7.69. The lowest BCUT2D eigenvalue weighted by atomic mass is 10.0. The third kappa shape index (κ3) is 3.92. The molecule has 0 radical (unpaired) electrons. The Morgan fingerprint density at radius 2 is 1.83 bits per heavy atom. The molecule has 1 aliphatic rings. The summed E-state index contributed by atoms with van der Waals surface area (Å²) >= 11 is 0. The molecule has 0 aliphatic carbocycles. The molecular formula is C18H18F2N2O. The van der Waals surface area contributed by atoms with E-state index < -0.39 is 5.92 Å². The summed E-state index contributed by atoms with van der Waals surface area (Å²) in [6, 6.07) is 13.3. The molecule has 0 bridgehead atoms. The monoisotopic (exact) mass is 316 g/mol. The molecule has 3 nitrogen and oxygen atoms in total. The molecule has 5 heteroatoms. The van der Waals surface area contributed by atoms with Crippen LogP contribution < -0.4 is 0 Å². The molecule has 1 amide bonds. The smallest absolute Gasteiger partial charge is 0.253 e. The minimum absolute atomic E-state index is 0.0994. The van der Waals surface area contributed by atoms with Gasteiger partial charge in [-0.3, -0.25) is 9.78 Å². The number of nitrogens with zero attached hydrogens (tertiary/aromatic N) is 2. The molecule has 1 saturated heterocycles. The van der Waals surface area contributed by atoms with Crippen LogP contribution in [0, 0.1) is 0 Å². The number of piperidine rings is 1. The lowest BCUT2D eigenvalue weighted by molar-refractivity contribution is -0.0494. The summed E-state index contributed by atoms with van der Waals surface area (Å²) in [5.74, 6) is -2.84. The maximum atomic E-state index is 13.2. The molecular weight excluding hydrogens is 298 g/mol. The van der Waals surface area contributed by atoms with Crippen LogP contribution in [-0.2, 0) is 6.42 Å². The van der Waals surface area contributed by atoms with Crippen molar-refractivity contribution in [2.75, 3.05) is 13.1 Å². The Bertz CT molecular complexity index is 678. The minimum atomic E-state index is -2.65. The highest BCUT2D eigenvalue weighted by molar-refractivity contribution is 5.94. The van der Waals surface area contributed by atoms with Crippen molar-refractivity contribution in [3.05, 3.63) is 65.5 Å². The number of carbonyl (C=O) groups excluding carboxylic acids is 1. The molecule has 120 valence electrons. The highest BCUT2D eigenvalue weighted by Gasteiger charge is 2.35. The van der Waals surface area contributed by atoms with Crippen LogP contribution >= 0.6 is 0 Å². The van der Waals surface area contributed by atoms with E-state index in [-0.39, 0.29) is 31.8 Å². The second-order valence-electron chi connectivity index (χ2n) is 5.85. The summed E-state index contributed by atoms with van der Waals surface area (Å²) in [6.07, 6.45) is 1.71. The fourth-order valence-electron chi connectivity index (χ4n) is 2.73. The summed E-state index contributed by atoms with van der Waals surface area (Å²) in [5, 5.41) is 0. The molecule has 1 aromatic heterocycles. The molecule has 0 unspecified atom stereocenters. The Balaban J connectivity index is 1.71. The molecule has 1 aliphatic heterocycles. The number of hydrogen-bond donors (Lipinski definition) is 0. The number of rotatable bonds is 3. The van der Waals surface area contributed by atoms with Crippen molar-refractivity contribution in [1.29, 1.82) is 0 Å². The SMILES string of the molecule is O=C(c1ccnc(Cc2ccccc2)c1)N1CCC(F)(F)CC1. The Morgan fingerprint density at radius 3 is 2.52 bits per heavy atom. The van der Waals surface area contributed by atoms with E-state index in [0.29, 0.717) is 12.0 Å². The number of likely N-dealkylation sites (tertiary alicyclic amines) is 1. The summed E-state index contributed by atoms with van der Waals surface area (Å²) in [6.45, 7) is 0.199. The van der Waals surface area contributed by atoms with Gasteiger partial charge in [0.2, 0.25) is 0 Å². The van der Waals surface area contributed by atoms with Gasteiger partial charge >= 0.3 is 0 Å². The number of benzene rings is 1. The van der Waals surface area contributed by atoms with Gasteiger partial charge < -0.3 is 4.90 Å². The Morgan fingerprint density at radius 1 is 1.13 bits per heavy atom. The van der Waals surface area contributed by atoms with E-state index in [1.54, 1.807) is 18.3 Å². The summed E-state index contributed by atoms with van der Waals surface area (Å²) < 4.78 is 26.4. The second kappa shape index (κ2) is 6.44. The zero-order valence-electron chi connectivity index (χ0n) is 12.7. The van der Waals surface area contributed by atoms with Crippen molar-refractivity contribution < 1.29 is 13.6 Å². The maximum Gasteiger partial charge on any atom is 0.253 e. The number of alkyl halides is 2. The highest BCUT2D eigenvalue weighted by Crippen LogP contribution is 2.28. The van der Waals surface area contributed by atoms with Crippen LogP contribution in [0.25, 0.3) is 0 Å². The lowest BCUT2D eigenvalue weighted by Gasteiger charge is -2.31. The Kier molecular flexibility index (Phi) is 4.37. The minimum Gasteiger partial charge on any atom is -0.338 e. The normalized spacial score (nSPS) is 17.0. The van der Waals surface area contributed by atoms with E-state index >= 15 is 0 Å². The molecule has 0 saturated carbocycles. The summed E-state index contributed by atoms with van der Waals surface area (Å²) in [7, 11) is 0. The Labute approximate surface area is 134 Å². The average molecular weight is 316 g/mol. The van der Waals surface area contributed by atoms with E-state index in [0.717, 1.165) is 11.3 Å². The van der Waals surface area contributed by atoms with Gasteiger partial charge in [0.1, 0.15) is 0 Å². The molecule has 2 aromatic rings. The number of halogens is 2. The fraction of sp³-hybridized carbons (Fsp3) is 0.333. The quantitative estimate of drug-likeness (QED) is 0.868. The van der Waals surface area contributed by atoms with Gasteiger partial charge in [0, 0.05) is 49.8 Å². The number of pyridine rings is 1. The van der Waals surface area contributed by atoms with Crippen LogP contribution in [0.3, 0.4) is 0 Å². The zero-order chi connectivity index (χ0) is 16.3. The van der Waals surface area contributed by atoms with Gasteiger partial charge in [0.25, 0.3) is 11.8 Å². The van der Waals surface area contributed by atoms with Crippen molar-refractivity contribution in [2.45, 2.75) is 25.2 Å². The van der Waals surface area contributed by atoms with Crippen molar-refractivity contribution in [2.24, 2.45) is 0 Å². The van der Waals surface area contributed by atoms with Crippen molar-refractivity contribution in [3.63, 3.8) is 0 Å². The van der Waals surface area contributed by atoms with Crippen molar-refractivity contribution in [1.82, 2.24) is 9.88 Å². The molecule has 0 N–H and O–H groups in total. The Hall–Kier alpha value is -2.30. The van der Waals surface area contributed by atoms with Gasteiger partial charge in [0.15, 0.2) is 0 Å². The molecule has 0 spiro atoms. The van der Waals surface area contributed by atoms with Crippen LogP contribution in [0.15, 0.2) is 48.7 Å². The maximum absolute atomic E-state index is 13.2. The fourth-order valence-corrected chi connectivity index (χ4v) is 2.73. The van der Waals surface area contributed by atoms with Crippen LogP contribution in [0.2, 0.25) is 0 Å². The van der Waals surface area contributed by atoms with E-state index in [2.05, 4.69) is 4.98 Å². The first-order valence-electron chi connectivity index (χ1n) is 7.69. The highest BCUT2D eigenvalue weighted by atomic mass is 19.3. The van der Waals surface area contributed by atoms with Crippen LogP contribution in [0.1, 0.15) is 34.5 Å². The van der Waals surface area contributed by atoms with Crippen molar-refractivity contribution >= 4 is 5.91 Å². The van der Waals surface area contributed by atoms with Gasteiger partial charge in [-0.05, 0) is 17.7 Å². The van der Waals surface area contributed by atoms with Crippen molar-refractivity contribution in [3.8, 4) is 0 Å². The first-order chi connectivity index (χ1) is 11.0. The third-order valence-electron chi connectivity index (χ3n) is 4.07. The third-order valence-corrected chi connectivity index (χ3v) is 4.07. The molecule has 3 rings (SSSR count). The standard InChI is InChI=1S/C18H18F2N2O/c19-18(20)7-10-22(11-8-18)17(23)15-6-9-21-16(13-15)12-14-4-2-1-3-5-14/h1-6,9,13H,7-8,10-12H2. The van der Waals surface area contributed by atoms with E-state index in [9.17, 15) is 13.6 Å². The van der Waals surface area contributed by atoms with Gasteiger partial charge in [0.05, 0.1) is 0 Å². The van der Waals surface area contributed by atoms with Crippen LogP contribution in [-0.4, -0.2) is 34.8 Å². The molecule has 23 heavy (non-hydrogen) atoms. The number of carbonyl (C=O) groups is 1. The van der Waals surface area contributed by atoms with Gasteiger partial charge in [-0.15, -0.1) is 0 Å². The number of hydrogen-bond acceptors (Lipinski definition) is 2. The summed E-state index contributed by atoms with van der Waals surface area (Å²) in [4.78, 5) is 18.3. The molecule has 2 heterocycles. The molecule has 0 atom stereocenters. The van der Waals surface area contributed by atoms with E-state index in [4.69, 9.17) is 0 Å². The predicted octanol–water partition coefficient (Wildman–Crippen LogP) is 3.54. The lowest BCUT2D eigenvalue weighted by Crippen LogP contribution is -2.42. The number of aromatic nitrogens is 1. The zero-order valence-corrected chi connectivity index (χ0v) is 12.7. The molecule has 1 aromatic carbocycles. The number of amides is 1. The molecule has 1 fully saturated rings. The van der Waals surface area contributed by atoms with Gasteiger partial charge in [-0.25, -0.2) is 8.78 Å². The first kappa shape index (κ1) is 15.6. The predicted molar refractivity (Wildman–Crippen MR) is 83.6 cm³/mol. The summed E-state index contributed by atoms with van der Waals surface area (Å²) in [5.41, 5.74) is 2.42. The van der Waals surface area contributed by atoms with E-state index in [1.807, 2.05) is 30.3 Å². The van der Waals surface area contributed by atoms with Gasteiger partial charge in [-0.1, -0.05) is 30.3 Å². The average Bonchev–Trinajstić information content (AvgIpc) is 2.55. The second-order valence-corrected chi connectivity index (χ2v) is 5.85. The van der Waals surface area contributed by atoms with Crippen LogP contribution in [0.4, 0.5) is 8.78 Å².